The smallest absolute Gasteiger partial charge is 0.274 e. The summed E-state index contributed by atoms with van der Waals surface area (Å²) in [5.74, 6) is -0.738. The van der Waals surface area contributed by atoms with Gasteiger partial charge in [-0.05, 0) is 31.4 Å². The molecule has 0 atom stereocenters. The molecule has 0 unspecified atom stereocenters. The number of amides is 2. The van der Waals surface area contributed by atoms with Crippen LogP contribution in [0.3, 0.4) is 0 Å². The average molecular weight is 405 g/mol. The summed E-state index contributed by atoms with van der Waals surface area (Å²) in [4.78, 5) is 29.8. The van der Waals surface area contributed by atoms with E-state index in [-0.39, 0.29) is 17.3 Å². The second-order valence-electron chi connectivity index (χ2n) is 7.08. The summed E-state index contributed by atoms with van der Waals surface area (Å²) < 4.78 is 3.38. The van der Waals surface area contributed by atoms with Crippen LogP contribution < -0.4 is 10.6 Å². The first kappa shape index (κ1) is 19.6. The third-order valence-electron chi connectivity index (χ3n) is 4.72. The lowest BCUT2D eigenvalue weighted by molar-refractivity contribution is 0.0949. The van der Waals surface area contributed by atoms with Gasteiger partial charge < -0.3 is 10.6 Å². The number of aryl methyl sites for hydroxylation is 2. The number of fused-ring (bicyclic) bond motifs is 6. The molecule has 9 heteroatoms. The van der Waals surface area contributed by atoms with Crippen LogP contribution in [-0.2, 0) is 13.6 Å². The van der Waals surface area contributed by atoms with Crippen LogP contribution >= 0.6 is 0 Å². The highest BCUT2D eigenvalue weighted by atomic mass is 16.2. The lowest BCUT2D eigenvalue weighted by Gasteiger charge is -2.06. The Hall–Kier alpha value is -3.75. The van der Waals surface area contributed by atoms with E-state index in [2.05, 4.69) is 38.0 Å². The van der Waals surface area contributed by atoms with Gasteiger partial charge in [0.25, 0.3) is 11.8 Å². The summed E-state index contributed by atoms with van der Waals surface area (Å²) in [6, 6.07) is 5.25. The fourth-order valence-corrected chi connectivity index (χ4v) is 3.23. The van der Waals surface area contributed by atoms with Crippen LogP contribution in [0.4, 0.5) is 5.69 Å². The minimum atomic E-state index is -0.410. The topological polar surface area (TPSA) is 107 Å². The minimum Gasteiger partial charge on any atom is -0.350 e. The number of allylic oxidation sites excluding steroid dienone is 1. The van der Waals surface area contributed by atoms with Crippen molar-refractivity contribution < 1.29 is 9.59 Å². The summed E-state index contributed by atoms with van der Waals surface area (Å²) in [6.45, 7) is 1.29. The number of carbonyl (C=O) groups is 2. The standard InChI is InChI=1S/C21H23N7O2/c1-27-14-18-19(26-27)21(30)22-10-5-3-2-4-6-11-28-13-15(12-23-28)16-8-7-9-17(24-16)20(29)25-18/h2-3,7-9,12-14H,4-6,10-11H2,1H3,(H,22,30)(H,25,29)/b3-2-. The average Bonchev–Trinajstić information content (AvgIpc) is 3.36. The quantitative estimate of drug-likeness (QED) is 0.559. The Morgan fingerprint density at radius 2 is 1.87 bits per heavy atom. The number of nitrogens with zero attached hydrogens (tertiary/aromatic N) is 5. The third kappa shape index (κ3) is 4.45. The van der Waals surface area contributed by atoms with Crippen molar-refractivity contribution in [3.8, 4) is 11.3 Å². The van der Waals surface area contributed by atoms with Gasteiger partial charge in [-0.2, -0.15) is 10.2 Å². The Bertz CT molecular complexity index is 1100. The van der Waals surface area contributed by atoms with Crippen LogP contribution in [0.1, 0.15) is 40.2 Å². The maximum absolute atomic E-state index is 12.8. The molecule has 9 nitrogen and oxygen atoms in total. The molecule has 0 saturated heterocycles. The fourth-order valence-electron chi connectivity index (χ4n) is 3.23. The molecule has 0 saturated carbocycles. The molecule has 3 aromatic rings. The molecular weight excluding hydrogens is 382 g/mol. The molecule has 2 amide bonds. The van der Waals surface area contributed by atoms with E-state index in [0.29, 0.717) is 17.9 Å². The molecule has 0 aromatic carbocycles. The number of hydrogen-bond acceptors (Lipinski definition) is 5. The summed E-state index contributed by atoms with van der Waals surface area (Å²) in [7, 11) is 1.70. The molecule has 0 radical (unpaired) electrons. The maximum Gasteiger partial charge on any atom is 0.274 e. The van der Waals surface area contributed by atoms with Crippen LogP contribution in [-0.4, -0.2) is 42.9 Å². The molecule has 1 aliphatic rings. The molecule has 0 spiro atoms. The highest BCUT2D eigenvalue weighted by Gasteiger charge is 2.19. The summed E-state index contributed by atoms with van der Waals surface area (Å²) in [6.07, 6.45) is 12.1. The fraction of sp³-hybridized carbons (Fsp3) is 0.286. The van der Waals surface area contributed by atoms with Crippen molar-refractivity contribution in [2.45, 2.75) is 25.8 Å². The molecule has 3 aromatic heterocycles. The first-order chi connectivity index (χ1) is 14.6. The molecule has 30 heavy (non-hydrogen) atoms. The van der Waals surface area contributed by atoms with Crippen molar-refractivity contribution in [3.05, 3.63) is 60.3 Å². The number of rotatable bonds is 0. The predicted octanol–water partition coefficient (Wildman–Crippen LogP) is 2.40. The Morgan fingerprint density at radius 3 is 2.77 bits per heavy atom. The van der Waals surface area contributed by atoms with Gasteiger partial charge in [-0.25, -0.2) is 4.98 Å². The van der Waals surface area contributed by atoms with Gasteiger partial charge in [0.05, 0.1) is 17.6 Å². The summed E-state index contributed by atoms with van der Waals surface area (Å²) in [5, 5.41) is 14.2. The van der Waals surface area contributed by atoms with Gasteiger partial charge in [-0.15, -0.1) is 0 Å². The molecule has 2 N–H and O–H groups in total. The number of anilines is 1. The zero-order valence-electron chi connectivity index (χ0n) is 16.7. The number of nitrogens with one attached hydrogen (secondary N) is 2. The first-order valence-electron chi connectivity index (χ1n) is 9.88. The SMILES string of the molecule is Cn1cc2c(n1)C(=O)NCC/C=C\CCCn1cc(cn1)-c1cccc(n1)C(=O)N2. The second-order valence-corrected chi connectivity index (χ2v) is 7.08. The minimum absolute atomic E-state index is 0.171. The van der Waals surface area contributed by atoms with E-state index in [0.717, 1.165) is 31.4 Å². The lowest BCUT2D eigenvalue weighted by Crippen LogP contribution is -2.26. The van der Waals surface area contributed by atoms with Crippen LogP contribution in [0.15, 0.2) is 48.9 Å². The van der Waals surface area contributed by atoms with Gasteiger partial charge >= 0.3 is 0 Å². The van der Waals surface area contributed by atoms with Gasteiger partial charge in [-0.1, -0.05) is 18.2 Å². The normalized spacial score (nSPS) is 16.4. The monoisotopic (exact) mass is 405 g/mol. The Labute approximate surface area is 173 Å². The van der Waals surface area contributed by atoms with Gasteiger partial charge in [0.15, 0.2) is 5.69 Å². The molecule has 0 fully saturated rings. The maximum atomic E-state index is 12.8. The summed E-state index contributed by atoms with van der Waals surface area (Å²) in [5.41, 5.74) is 2.27. The van der Waals surface area contributed by atoms with Crippen LogP contribution in [0.25, 0.3) is 11.3 Å². The molecular formula is C21H23N7O2. The van der Waals surface area contributed by atoms with E-state index in [9.17, 15) is 9.59 Å². The molecule has 4 bridgehead atoms. The second kappa shape index (κ2) is 8.73. The van der Waals surface area contributed by atoms with E-state index in [4.69, 9.17) is 0 Å². The van der Waals surface area contributed by atoms with Crippen molar-refractivity contribution in [1.82, 2.24) is 29.9 Å². The largest absolute Gasteiger partial charge is 0.350 e. The molecule has 4 heterocycles. The van der Waals surface area contributed by atoms with Gasteiger partial charge in [-0.3, -0.25) is 19.0 Å². The Morgan fingerprint density at radius 1 is 1.03 bits per heavy atom. The van der Waals surface area contributed by atoms with E-state index >= 15 is 0 Å². The number of carbonyl (C=O) groups excluding carboxylic acids is 2. The highest BCUT2D eigenvalue weighted by molar-refractivity contribution is 6.07. The molecule has 4 rings (SSSR count). The zero-order valence-corrected chi connectivity index (χ0v) is 16.7. The Kier molecular flexibility index (Phi) is 5.69. The first-order valence-corrected chi connectivity index (χ1v) is 9.88. The van der Waals surface area contributed by atoms with Gasteiger partial charge in [0, 0.05) is 38.1 Å². The highest BCUT2D eigenvalue weighted by Crippen LogP contribution is 2.19. The number of aromatic nitrogens is 5. The van der Waals surface area contributed by atoms with Crippen molar-refractivity contribution >= 4 is 17.5 Å². The van der Waals surface area contributed by atoms with Gasteiger partial charge in [0.2, 0.25) is 0 Å². The van der Waals surface area contributed by atoms with Crippen molar-refractivity contribution in [2.75, 3.05) is 11.9 Å². The van der Waals surface area contributed by atoms with E-state index in [1.807, 2.05) is 16.9 Å². The lowest BCUT2D eigenvalue weighted by atomic mass is 10.2. The zero-order chi connectivity index (χ0) is 20.9. The van der Waals surface area contributed by atoms with E-state index < -0.39 is 5.91 Å². The van der Waals surface area contributed by atoms with Crippen molar-refractivity contribution in [2.24, 2.45) is 7.05 Å². The number of hydrogen-bond donors (Lipinski definition) is 2. The molecule has 154 valence electrons. The predicted molar refractivity (Wildman–Crippen MR) is 112 cm³/mol. The molecule has 1 aliphatic heterocycles. The number of pyridine rings is 1. The Balaban J connectivity index is 1.65. The van der Waals surface area contributed by atoms with Crippen molar-refractivity contribution in [3.63, 3.8) is 0 Å². The van der Waals surface area contributed by atoms with Gasteiger partial charge in [0.1, 0.15) is 5.69 Å². The van der Waals surface area contributed by atoms with Crippen LogP contribution in [0.5, 0.6) is 0 Å². The third-order valence-corrected chi connectivity index (χ3v) is 4.72. The van der Waals surface area contributed by atoms with Crippen LogP contribution in [0, 0.1) is 0 Å². The summed E-state index contributed by atoms with van der Waals surface area (Å²) >= 11 is 0. The van der Waals surface area contributed by atoms with Crippen molar-refractivity contribution in [1.29, 1.82) is 0 Å². The van der Waals surface area contributed by atoms with E-state index in [1.54, 1.807) is 31.6 Å². The van der Waals surface area contributed by atoms with E-state index in [1.165, 1.54) is 4.68 Å². The molecule has 0 aliphatic carbocycles. The van der Waals surface area contributed by atoms with Crippen LogP contribution in [0.2, 0.25) is 0 Å².